The van der Waals surface area contributed by atoms with Crippen LogP contribution in [0.1, 0.15) is 58.9 Å². The van der Waals surface area contributed by atoms with Crippen LogP contribution in [0.2, 0.25) is 0 Å². The molecule has 0 unspecified atom stereocenters. The smallest absolute Gasteiger partial charge is 0.264 e. The van der Waals surface area contributed by atoms with E-state index in [1.807, 2.05) is 23.1 Å². The molecule has 4 aromatic rings. The number of allylic oxidation sites excluding steroid dienone is 1. The number of nitrogen functional groups attached to an aromatic ring is 1. The van der Waals surface area contributed by atoms with Gasteiger partial charge >= 0.3 is 0 Å². The van der Waals surface area contributed by atoms with Gasteiger partial charge in [-0.25, -0.2) is 19.0 Å². The van der Waals surface area contributed by atoms with E-state index >= 15 is 4.39 Å². The summed E-state index contributed by atoms with van der Waals surface area (Å²) in [7, 11) is 0. The van der Waals surface area contributed by atoms with E-state index in [1.165, 1.54) is 12.4 Å². The topological polar surface area (TPSA) is 146 Å². The van der Waals surface area contributed by atoms with Gasteiger partial charge in [-0.05, 0) is 70.2 Å². The van der Waals surface area contributed by atoms with Crippen molar-refractivity contribution in [2.75, 3.05) is 45.0 Å². The molecular weight excluding hydrogens is 649 g/mol. The first kappa shape index (κ1) is 35.5. The van der Waals surface area contributed by atoms with Crippen LogP contribution in [0.15, 0.2) is 66.5 Å². The van der Waals surface area contributed by atoms with Crippen LogP contribution in [0.25, 0.3) is 22.3 Å². The van der Waals surface area contributed by atoms with Crippen LogP contribution >= 0.6 is 0 Å². The predicted octanol–water partition coefficient (Wildman–Crippen LogP) is 5.73. The number of ether oxygens (including phenoxy) is 1. The molecular formula is C38H44FN9O3. The maximum atomic E-state index is 15.7. The van der Waals surface area contributed by atoms with Crippen molar-refractivity contribution < 1.29 is 18.7 Å². The number of para-hydroxylation sites is 1. The molecule has 0 bridgehead atoms. The molecule has 2 amide bonds. The Labute approximate surface area is 297 Å². The quantitative estimate of drug-likeness (QED) is 0.125. The highest BCUT2D eigenvalue weighted by Crippen LogP contribution is 2.36. The molecule has 1 atom stereocenters. The SMILES string of the molecule is CC(=O)N1CCN(C(C)(C)CCC/C=C(\C#N)C(=O)N2CCC[C@@H](n3nc(-c4ccc(Oc5ccccc5)cc4F)c4c(N)ncnc43)C2)CC1. The summed E-state index contributed by atoms with van der Waals surface area (Å²) < 4.78 is 23.2. The Morgan fingerprint density at radius 3 is 2.53 bits per heavy atom. The fourth-order valence-electron chi connectivity index (χ4n) is 7.07. The minimum absolute atomic E-state index is 0.0626. The molecule has 13 heteroatoms. The first-order chi connectivity index (χ1) is 24.6. The summed E-state index contributed by atoms with van der Waals surface area (Å²) >= 11 is 0. The van der Waals surface area contributed by atoms with E-state index in [0.717, 1.165) is 39.0 Å². The van der Waals surface area contributed by atoms with E-state index in [-0.39, 0.29) is 40.3 Å². The zero-order chi connectivity index (χ0) is 36.1. The molecule has 0 radical (unpaired) electrons. The standard InChI is InChI=1S/C38H44FN9O3/c1-26(49)45-18-20-47(21-19-45)38(2,3)16-8-7-10-27(23-40)37(50)46-17-9-11-28(24-46)48-36-33(35(41)42-25-43-36)34(44-48)31-15-14-30(22-32(31)39)51-29-12-5-4-6-13-29/h4-6,10,12-15,22,25,28H,7-9,11,16-21,24H2,1-3H3,(H2,41,42,43)/b27-10+/t28-/m1/s1. The van der Waals surface area contributed by atoms with E-state index in [0.29, 0.717) is 60.6 Å². The van der Waals surface area contributed by atoms with Crippen LogP contribution in [0, 0.1) is 17.1 Å². The maximum absolute atomic E-state index is 15.7. The Hall–Kier alpha value is -5.35. The summed E-state index contributed by atoms with van der Waals surface area (Å²) in [5.74, 6) is 0.355. The highest BCUT2D eigenvalue weighted by molar-refractivity contribution is 5.99. The van der Waals surface area contributed by atoms with Gasteiger partial charge in [-0.1, -0.05) is 24.3 Å². The first-order valence-corrected chi connectivity index (χ1v) is 17.5. The molecule has 2 saturated heterocycles. The van der Waals surface area contributed by atoms with Gasteiger partial charge in [0.25, 0.3) is 5.91 Å². The van der Waals surface area contributed by atoms with Crippen molar-refractivity contribution in [2.45, 2.75) is 64.5 Å². The number of halogens is 1. The van der Waals surface area contributed by atoms with E-state index in [2.05, 4.69) is 34.8 Å². The molecule has 6 rings (SSSR count). The molecule has 0 saturated carbocycles. The summed E-state index contributed by atoms with van der Waals surface area (Å²) in [6.07, 6.45) is 6.81. The summed E-state index contributed by atoms with van der Waals surface area (Å²) in [6.45, 7) is 9.96. The first-order valence-electron chi connectivity index (χ1n) is 17.5. The van der Waals surface area contributed by atoms with Gasteiger partial charge in [-0.15, -0.1) is 0 Å². The van der Waals surface area contributed by atoms with Crippen molar-refractivity contribution in [3.05, 3.63) is 72.3 Å². The molecule has 0 spiro atoms. The second-order valence-electron chi connectivity index (χ2n) is 13.8. The number of carbonyl (C=O) groups is 2. The minimum atomic E-state index is -0.540. The number of anilines is 1. The largest absolute Gasteiger partial charge is 0.457 e. The lowest BCUT2D eigenvalue weighted by Crippen LogP contribution is -2.55. The third-order valence-corrected chi connectivity index (χ3v) is 10.00. The van der Waals surface area contributed by atoms with Gasteiger partial charge < -0.3 is 20.3 Å². The lowest BCUT2D eigenvalue weighted by atomic mass is 9.93. The molecule has 12 nitrogen and oxygen atoms in total. The number of fused-ring (bicyclic) bond motifs is 1. The van der Waals surface area contributed by atoms with Gasteiger partial charge in [0.1, 0.15) is 46.8 Å². The molecule has 2 N–H and O–H groups in total. The molecule has 0 aliphatic carbocycles. The Balaban J connectivity index is 1.14. The van der Waals surface area contributed by atoms with Crippen LogP contribution in [0.3, 0.4) is 0 Å². The zero-order valence-corrected chi connectivity index (χ0v) is 29.4. The van der Waals surface area contributed by atoms with E-state index in [4.69, 9.17) is 15.6 Å². The van der Waals surface area contributed by atoms with Crippen molar-refractivity contribution in [2.24, 2.45) is 0 Å². The highest BCUT2D eigenvalue weighted by Gasteiger charge is 2.32. The van der Waals surface area contributed by atoms with Crippen LogP contribution in [0.4, 0.5) is 10.2 Å². The summed E-state index contributed by atoms with van der Waals surface area (Å²) in [4.78, 5) is 40.0. The van der Waals surface area contributed by atoms with Gasteiger partial charge in [-0.2, -0.15) is 10.4 Å². The molecule has 2 aromatic heterocycles. The summed E-state index contributed by atoms with van der Waals surface area (Å²) in [6, 6.07) is 15.6. The van der Waals surface area contributed by atoms with Crippen LogP contribution in [-0.2, 0) is 9.59 Å². The molecule has 4 heterocycles. The Bertz CT molecular complexity index is 1960. The van der Waals surface area contributed by atoms with Crippen molar-refractivity contribution in [3.63, 3.8) is 0 Å². The van der Waals surface area contributed by atoms with Crippen LogP contribution in [-0.4, -0.2) is 91.1 Å². The molecule has 2 aromatic carbocycles. The number of piperazine rings is 1. The molecule has 2 aliphatic heterocycles. The average molecular weight is 694 g/mol. The van der Waals surface area contributed by atoms with Crippen molar-refractivity contribution in [1.29, 1.82) is 5.26 Å². The number of hydrogen-bond donors (Lipinski definition) is 1. The Morgan fingerprint density at radius 2 is 1.82 bits per heavy atom. The van der Waals surface area contributed by atoms with Gasteiger partial charge in [-0.3, -0.25) is 14.5 Å². The van der Waals surface area contributed by atoms with Gasteiger partial charge in [0.2, 0.25) is 5.91 Å². The number of nitriles is 1. The Kier molecular flexibility index (Phi) is 10.6. The molecule has 2 aliphatic rings. The van der Waals surface area contributed by atoms with Gasteiger partial charge in [0.15, 0.2) is 5.65 Å². The monoisotopic (exact) mass is 693 g/mol. The number of nitrogens with two attached hydrogens (primary N) is 1. The average Bonchev–Trinajstić information content (AvgIpc) is 3.52. The van der Waals surface area contributed by atoms with Crippen LogP contribution in [0.5, 0.6) is 11.5 Å². The molecule has 2 fully saturated rings. The number of hydrogen-bond acceptors (Lipinski definition) is 9. The number of likely N-dealkylation sites (tertiary alicyclic amines) is 1. The minimum Gasteiger partial charge on any atom is -0.457 e. The third kappa shape index (κ3) is 7.86. The molecule has 266 valence electrons. The predicted molar refractivity (Wildman–Crippen MR) is 192 cm³/mol. The van der Waals surface area contributed by atoms with Crippen molar-refractivity contribution in [3.8, 4) is 28.8 Å². The number of rotatable bonds is 10. The highest BCUT2D eigenvalue weighted by atomic mass is 19.1. The summed E-state index contributed by atoms with van der Waals surface area (Å²) in [5.41, 5.74) is 7.35. The number of aromatic nitrogens is 4. The number of piperidine rings is 1. The number of carbonyl (C=O) groups excluding carboxylic acids is 2. The number of benzene rings is 2. The fourth-order valence-corrected chi connectivity index (χ4v) is 7.07. The fraction of sp³-hybridized carbons (Fsp3) is 0.421. The van der Waals surface area contributed by atoms with E-state index < -0.39 is 5.82 Å². The number of amides is 2. The molecule has 51 heavy (non-hydrogen) atoms. The van der Waals surface area contributed by atoms with E-state index in [1.54, 1.807) is 46.8 Å². The normalized spacial score (nSPS) is 17.4. The number of nitrogens with zero attached hydrogens (tertiary/aromatic N) is 8. The van der Waals surface area contributed by atoms with Gasteiger partial charge in [0.05, 0.1) is 11.4 Å². The second kappa shape index (κ2) is 15.3. The zero-order valence-electron chi connectivity index (χ0n) is 29.4. The lowest BCUT2D eigenvalue weighted by molar-refractivity contribution is -0.131. The van der Waals surface area contributed by atoms with E-state index in [9.17, 15) is 14.9 Å². The maximum Gasteiger partial charge on any atom is 0.264 e. The van der Waals surface area contributed by atoms with Crippen LogP contribution < -0.4 is 10.5 Å². The van der Waals surface area contributed by atoms with Gasteiger partial charge in [0, 0.05) is 63.4 Å². The lowest BCUT2D eigenvalue weighted by Gasteiger charge is -2.44. The summed E-state index contributed by atoms with van der Waals surface area (Å²) in [5, 5.41) is 15.2. The van der Waals surface area contributed by atoms with Crippen molar-refractivity contribution in [1.82, 2.24) is 34.4 Å². The van der Waals surface area contributed by atoms with Crippen molar-refractivity contribution >= 4 is 28.7 Å². The second-order valence-corrected chi connectivity index (χ2v) is 13.8. The number of unbranched alkanes of at least 4 members (excludes halogenated alkanes) is 1. The third-order valence-electron chi connectivity index (χ3n) is 10.00. The Morgan fingerprint density at radius 1 is 1.06 bits per heavy atom.